The number of anilines is 1. The number of amides is 1. The molecule has 0 radical (unpaired) electrons. The van der Waals surface area contributed by atoms with Crippen LogP contribution in [0, 0.1) is 5.92 Å². The van der Waals surface area contributed by atoms with Crippen LogP contribution in [-0.4, -0.2) is 27.8 Å². The Hall–Kier alpha value is -2.41. The first kappa shape index (κ1) is 16.4. The number of esters is 1. The van der Waals surface area contributed by atoms with Gasteiger partial charge >= 0.3 is 5.97 Å². The largest absolute Gasteiger partial charge is 0.460 e. The number of aromatic nitrogens is 2. The number of nitrogens with one attached hydrogen (secondary N) is 1. The quantitative estimate of drug-likeness (QED) is 0.615. The van der Waals surface area contributed by atoms with Crippen molar-refractivity contribution in [3.8, 4) is 0 Å². The monoisotopic (exact) mass is 343 g/mol. The molecule has 1 aromatic carbocycles. The van der Waals surface area contributed by atoms with E-state index in [4.69, 9.17) is 4.74 Å². The van der Waals surface area contributed by atoms with Crippen molar-refractivity contribution >= 4 is 29.5 Å². The van der Waals surface area contributed by atoms with E-state index in [0.29, 0.717) is 10.8 Å². The Kier molecular flexibility index (Phi) is 5.43. The van der Waals surface area contributed by atoms with Gasteiger partial charge in [0.2, 0.25) is 5.91 Å². The maximum absolute atomic E-state index is 11.7. The zero-order valence-corrected chi connectivity index (χ0v) is 13.8. The highest BCUT2D eigenvalue weighted by atomic mass is 32.2. The molecule has 7 heteroatoms. The number of ether oxygens (including phenoxy) is 1. The van der Waals surface area contributed by atoms with Gasteiger partial charge in [-0.05, 0) is 30.5 Å². The number of carbonyl (C=O) groups excluding carboxylic acids is 2. The molecule has 1 aliphatic carbocycles. The van der Waals surface area contributed by atoms with Gasteiger partial charge in [-0.3, -0.25) is 9.59 Å². The van der Waals surface area contributed by atoms with Crippen molar-refractivity contribution in [2.75, 3.05) is 11.1 Å². The van der Waals surface area contributed by atoms with Gasteiger partial charge in [0.15, 0.2) is 5.82 Å². The third kappa shape index (κ3) is 5.06. The zero-order valence-electron chi connectivity index (χ0n) is 13.0. The van der Waals surface area contributed by atoms with Crippen LogP contribution in [0.15, 0.2) is 47.5 Å². The summed E-state index contributed by atoms with van der Waals surface area (Å²) in [6.07, 6.45) is 1.89. The van der Waals surface area contributed by atoms with E-state index in [9.17, 15) is 9.59 Å². The minimum Gasteiger partial charge on any atom is -0.460 e. The molecular weight excluding hydrogens is 326 g/mol. The van der Waals surface area contributed by atoms with Crippen LogP contribution in [0.5, 0.6) is 0 Å². The van der Waals surface area contributed by atoms with Gasteiger partial charge in [0.1, 0.15) is 11.6 Å². The average Bonchev–Trinajstić information content (AvgIpc) is 3.45. The Morgan fingerprint density at radius 3 is 2.58 bits per heavy atom. The number of hydrogen-bond donors (Lipinski definition) is 1. The van der Waals surface area contributed by atoms with Gasteiger partial charge in [-0.1, -0.05) is 42.1 Å². The second-order valence-corrected chi connectivity index (χ2v) is 6.45. The molecular formula is C17H17N3O3S. The summed E-state index contributed by atoms with van der Waals surface area (Å²) in [5, 5.41) is 11.3. The first-order valence-electron chi connectivity index (χ1n) is 7.67. The number of thioether (sulfide) groups is 1. The van der Waals surface area contributed by atoms with E-state index in [1.165, 1.54) is 11.8 Å². The molecule has 6 nitrogen and oxygen atoms in total. The summed E-state index contributed by atoms with van der Waals surface area (Å²) >= 11 is 1.25. The molecule has 0 aliphatic heterocycles. The highest BCUT2D eigenvalue weighted by Crippen LogP contribution is 2.29. The Bertz CT molecular complexity index is 703. The third-order valence-corrected chi connectivity index (χ3v) is 4.31. The fraction of sp³-hybridized carbons (Fsp3) is 0.294. The van der Waals surface area contributed by atoms with Gasteiger partial charge in [-0.15, -0.1) is 10.2 Å². The number of rotatable bonds is 7. The van der Waals surface area contributed by atoms with E-state index >= 15 is 0 Å². The summed E-state index contributed by atoms with van der Waals surface area (Å²) in [6, 6.07) is 12.9. The van der Waals surface area contributed by atoms with Crippen LogP contribution >= 0.6 is 11.8 Å². The van der Waals surface area contributed by atoms with Crippen molar-refractivity contribution in [3.05, 3.63) is 48.0 Å². The molecule has 0 atom stereocenters. The smallest absolute Gasteiger partial charge is 0.316 e. The lowest BCUT2D eigenvalue weighted by atomic mass is 10.2. The van der Waals surface area contributed by atoms with Gasteiger partial charge in [-0.25, -0.2) is 0 Å². The molecule has 1 saturated carbocycles. The molecule has 1 aromatic heterocycles. The van der Waals surface area contributed by atoms with Crippen molar-refractivity contribution < 1.29 is 14.3 Å². The van der Waals surface area contributed by atoms with E-state index in [1.807, 2.05) is 30.3 Å². The van der Waals surface area contributed by atoms with E-state index < -0.39 is 0 Å². The second-order valence-electron chi connectivity index (χ2n) is 5.46. The lowest BCUT2D eigenvalue weighted by Crippen LogP contribution is -2.14. The molecule has 0 bridgehead atoms. The fourth-order valence-electron chi connectivity index (χ4n) is 1.95. The number of nitrogens with zero attached hydrogens (tertiary/aromatic N) is 2. The number of carbonyl (C=O) groups is 2. The molecule has 24 heavy (non-hydrogen) atoms. The normalized spacial score (nSPS) is 13.3. The Labute approximate surface area is 144 Å². The third-order valence-electron chi connectivity index (χ3n) is 3.42. The van der Waals surface area contributed by atoms with E-state index in [1.54, 1.807) is 12.1 Å². The summed E-state index contributed by atoms with van der Waals surface area (Å²) in [7, 11) is 0. The van der Waals surface area contributed by atoms with Crippen LogP contribution in [-0.2, 0) is 20.9 Å². The van der Waals surface area contributed by atoms with Gasteiger partial charge in [0.25, 0.3) is 0 Å². The van der Waals surface area contributed by atoms with Gasteiger partial charge in [0.05, 0.1) is 5.75 Å². The van der Waals surface area contributed by atoms with Crippen molar-refractivity contribution in [1.82, 2.24) is 10.2 Å². The minimum atomic E-state index is -0.309. The van der Waals surface area contributed by atoms with Crippen molar-refractivity contribution in [2.45, 2.75) is 24.5 Å². The van der Waals surface area contributed by atoms with Gasteiger partial charge in [-0.2, -0.15) is 0 Å². The molecule has 1 heterocycles. The predicted octanol–water partition coefficient (Wildman–Crippen LogP) is 2.66. The summed E-state index contributed by atoms with van der Waals surface area (Å²) in [4.78, 5) is 23.4. The van der Waals surface area contributed by atoms with Gasteiger partial charge < -0.3 is 10.1 Å². The number of benzene rings is 1. The highest BCUT2D eigenvalue weighted by Gasteiger charge is 2.29. The van der Waals surface area contributed by atoms with Crippen LogP contribution in [0.4, 0.5) is 5.82 Å². The molecule has 1 N–H and O–H groups in total. The summed E-state index contributed by atoms with van der Waals surface area (Å²) in [5.74, 6) is 0.407. The molecule has 3 rings (SSSR count). The number of hydrogen-bond acceptors (Lipinski definition) is 6. The fourth-order valence-corrected chi connectivity index (χ4v) is 2.56. The van der Waals surface area contributed by atoms with Gasteiger partial charge in [0, 0.05) is 5.92 Å². The molecule has 0 saturated heterocycles. The Balaban J connectivity index is 1.40. The maximum atomic E-state index is 11.7. The summed E-state index contributed by atoms with van der Waals surface area (Å²) in [5.41, 5.74) is 0.950. The molecule has 1 fully saturated rings. The standard InChI is InChI=1S/C17H17N3O3S/c21-16(23-10-12-4-2-1-3-5-12)11-24-15-9-8-14(19-20-15)18-17(22)13-6-7-13/h1-5,8-9,13H,6-7,10-11H2,(H,18,19,22). The van der Waals surface area contributed by atoms with Crippen molar-refractivity contribution in [2.24, 2.45) is 5.92 Å². The van der Waals surface area contributed by atoms with Crippen LogP contribution in [0.25, 0.3) is 0 Å². The van der Waals surface area contributed by atoms with E-state index in [-0.39, 0.29) is 30.2 Å². The second kappa shape index (κ2) is 7.92. The maximum Gasteiger partial charge on any atom is 0.316 e. The zero-order chi connectivity index (χ0) is 16.8. The molecule has 1 amide bonds. The highest BCUT2D eigenvalue weighted by molar-refractivity contribution is 7.99. The molecule has 1 aliphatic rings. The van der Waals surface area contributed by atoms with E-state index in [2.05, 4.69) is 15.5 Å². The first-order valence-corrected chi connectivity index (χ1v) is 8.66. The molecule has 2 aromatic rings. The van der Waals surface area contributed by atoms with Crippen molar-refractivity contribution in [1.29, 1.82) is 0 Å². The summed E-state index contributed by atoms with van der Waals surface area (Å²) in [6.45, 7) is 0.262. The first-order chi connectivity index (χ1) is 11.7. The Morgan fingerprint density at radius 1 is 1.12 bits per heavy atom. The van der Waals surface area contributed by atoms with Crippen LogP contribution in [0.3, 0.4) is 0 Å². The SMILES string of the molecule is O=C(CSc1ccc(NC(=O)C2CC2)nn1)OCc1ccccc1. The molecule has 124 valence electrons. The lowest BCUT2D eigenvalue weighted by Gasteiger charge is -2.05. The average molecular weight is 343 g/mol. The molecule has 0 unspecified atom stereocenters. The van der Waals surface area contributed by atoms with Crippen LogP contribution < -0.4 is 5.32 Å². The van der Waals surface area contributed by atoms with Crippen LogP contribution in [0.2, 0.25) is 0 Å². The summed E-state index contributed by atoms with van der Waals surface area (Å²) < 4.78 is 5.19. The molecule has 0 spiro atoms. The topological polar surface area (TPSA) is 81.2 Å². The minimum absolute atomic E-state index is 0.00538. The van der Waals surface area contributed by atoms with Crippen molar-refractivity contribution in [3.63, 3.8) is 0 Å². The Morgan fingerprint density at radius 2 is 1.92 bits per heavy atom. The lowest BCUT2D eigenvalue weighted by molar-refractivity contribution is -0.141. The van der Waals surface area contributed by atoms with E-state index in [0.717, 1.165) is 18.4 Å². The van der Waals surface area contributed by atoms with Crippen LogP contribution in [0.1, 0.15) is 18.4 Å². The predicted molar refractivity (Wildman–Crippen MR) is 90.3 cm³/mol.